The maximum absolute atomic E-state index is 13.1. The fraction of sp³-hybridized carbons (Fsp3) is 0.435. The number of benzene rings is 2. The monoisotopic (exact) mass is 365 g/mol. The minimum Gasteiger partial charge on any atom is -0.320 e. The second-order valence-corrected chi connectivity index (χ2v) is 7.41. The molecule has 0 saturated carbocycles. The average Bonchev–Trinajstić information content (AvgIpc) is 2.73. The van der Waals surface area contributed by atoms with E-state index < -0.39 is 0 Å². The maximum atomic E-state index is 13.1. The molecule has 1 amide bonds. The van der Waals surface area contributed by atoms with E-state index in [2.05, 4.69) is 22.3 Å². The molecule has 0 aromatic heterocycles. The summed E-state index contributed by atoms with van der Waals surface area (Å²) < 4.78 is 0. The summed E-state index contributed by atoms with van der Waals surface area (Å²) in [5, 5.41) is 3.24. The van der Waals surface area contributed by atoms with Crippen LogP contribution in [0.5, 0.6) is 0 Å². The molecule has 1 N–H and O–H groups in total. The largest absolute Gasteiger partial charge is 0.320 e. The summed E-state index contributed by atoms with van der Waals surface area (Å²) in [6, 6.07) is 20.2. The predicted molar refractivity (Wildman–Crippen MR) is 112 cm³/mol. The van der Waals surface area contributed by atoms with Gasteiger partial charge in [-0.1, -0.05) is 48.5 Å². The lowest BCUT2D eigenvalue weighted by atomic mass is 9.93. The zero-order valence-corrected chi connectivity index (χ0v) is 16.3. The predicted octanol–water partition coefficient (Wildman–Crippen LogP) is 3.54. The van der Waals surface area contributed by atoms with E-state index in [0.29, 0.717) is 13.1 Å². The molecule has 144 valence electrons. The molecule has 1 aliphatic heterocycles. The first kappa shape index (κ1) is 19.6. The van der Waals surface area contributed by atoms with Crippen LogP contribution in [0.2, 0.25) is 0 Å². The summed E-state index contributed by atoms with van der Waals surface area (Å²) in [5.74, 6) is 0.970. The molecule has 3 rings (SSSR count). The highest BCUT2D eigenvalue weighted by Crippen LogP contribution is 2.21. The third-order valence-corrected chi connectivity index (χ3v) is 5.42. The van der Waals surface area contributed by atoms with Gasteiger partial charge >= 0.3 is 0 Å². The van der Waals surface area contributed by atoms with Gasteiger partial charge in [0.2, 0.25) is 5.91 Å². The number of hydrogen-bond acceptors (Lipinski definition) is 3. The highest BCUT2D eigenvalue weighted by atomic mass is 16.2. The van der Waals surface area contributed by atoms with Crippen LogP contribution in [0, 0.1) is 5.92 Å². The Kier molecular flexibility index (Phi) is 7.43. The van der Waals surface area contributed by atoms with Gasteiger partial charge in [0.1, 0.15) is 0 Å². The van der Waals surface area contributed by atoms with Crippen LogP contribution >= 0.6 is 0 Å². The summed E-state index contributed by atoms with van der Waals surface area (Å²) in [4.78, 5) is 17.4. The lowest BCUT2D eigenvalue weighted by Gasteiger charge is -2.33. The van der Waals surface area contributed by atoms with Crippen LogP contribution < -0.4 is 10.2 Å². The number of rotatable bonds is 8. The SMILES string of the molecule is CNCCC1CCN(CC(=O)N(Cc2ccccc2)c2ccccc2)CC1. The van der Waals surface area contributed by atoms with E-state index in [1.807, 2.05) is 60.5 Å². The van der Waals surface area contributed by atoms with Gasteiger partial charge in [0.15, 0.2) is 0 Å². The molecule has 0 unspecified atom stereocenters. The van der Waals surface area contributed by atoms with E-state index in [0.717, 1.165) is 36.8 Å². The van der Waals surface area contributed by atoms with E-state index in [-0.39, 0.29) is 5.91 Å². The Bertz CT molecular complexity index is 681. The number of anilines is 1. The van der Waals surface area contributed by atoms with Crippen molar-refractivity contribution in [2.75, 3.05) is 38.1 Å². The Morgan fingerprint density at radius 3 is 2.30 bits per heavy atom. The minimum atomic E-state index is 0.179. The van der Waals surface area contributed by atoms with E-state index in [9.17, 15) is 4.79 Å². The molecule has 1 saturated heterocycles. The van der Waals surface area contributed by atoms with Crippen LogP contribution in [0.15, 0.2) is 60.7 Å². The molecule has 0 spiro atoms. The number of piperidine rings is 1. The van der Waals surface area contributed by atoms with Gasteiger partial charge < -0.3 is 10.2 Å². The summed E-state index contributed by atoms with van der Waals surface area (Å²) in [6.07, 6.45) is 3.63. The van der Waals surface area contributed by atoms with Gasteiger partial charge in [0, 0.05) is 5.69 Å². The first-order chi connectivity index (χ1) is 13.3. The van der Waals surface area contributed by atoms with Crippen molar-refractivity contribution in [1.82, 2.24) is 10.2 Å². The van der Waals surface area contributed by atoms with Crippen LogP contribution in [0.25, 0.3) is 0 Å². The summed E-state index contributed by atoms with van der Waals surface area (Å²) in [5.41, 5.74) is 2.12. The minimum absolute atomic E-state index is 0.179. The summed E-state index contributed by atoms with van der Waals surface area (Å²) in [6.45, 7) is 4.24. The van der Waals surface area contributed by atoms with Gasteiger partial charge in [-0.05, 0) is 69.6 Å². The quantitative estimate of drug-likeness (QED) is 0.777. The fourth-order valence-corrected chi connectivity index (χ4v) is 3.76. The molecule has 0 aliphatic carbocycles. The molecule has 27 heavy (non-hydrogen) atoms. The summed E-state index contributed by atoms with van der Waals surface area (Å²) >= 11 is 0. The Hall–Kier alpha value is -2.17. The molecule has 1 fully saturated rings. The van der Waals surface area contributed by atoms with Crippen molar-refractivity contribution in [3.8, 4) is 0 Å². The lowest BCUT2D eigenvalue weighted by Crippen LogP contribution is -2.43. The number of nitrogens with zero attached hydrogens (tertiary/aromatic N) is 2. The van der Waals surface area contributed by atoms with E-state index >= 15 is 0 Å². The van der Waals surface area contributed by atoms with Crippen molar-refractivity contribution in [2.24, 2.45) is 5.92 Å². The number of para-hydroxylation sites is 1. The Balaban J connectivity index is 1.62. The van der Waals surface area contributed by atoms with Crippen molar-refractivity contribution in [2.45, 2.75) is 25.8 Å². The average molecular weight is 366 g/mol. The van der Waals surface area contributed by atoms with E-state index in [4.69, 9.17) is 0 Å². The van der Waals surface area contributed by atoms with Gasteiger partial charge in [-0.25, -0.2) is 0 Å². The number of carbonyl (C=O) groups is 1. The number of amides is 1. The van der Waals surface area contributed by atoms with Crippen molar-refractivity contribution in [3.63, 3.8) is 0 Å². The summed E-state index contributed by atoms with van der Waals surface area (Å²) in [7, 11) is 2.01. The van der Waals surface area contributed by atoms with Gasteiger partial charge in [0.25, 0.3) is 0 Å². The van der Waals surface area contributed by atoms with Crippen LogP contribution in [-0.4, -0.2) is 44.0 Å². The third-order valence-electron chi connectivity index (χ3n) is 5.42. The van der Waals surface area contributed by atoms with E-state index in [1.165, 1.54) is 19.3 Å². The van der Waals surface area contributed by atoms with Crippen molar-refractivity contribution in [3.05, 3.63) is 66.2 Å². The molecule has 1 heterocycles. The fourth-order valence-electron chi connectivity index (χ4n) is 3.76. The molecule has 0 atom stereocenters. The molecule has 1 aliphatic rings. The smallest absolute Gasteiger partial charge is 0.241 e. The number of nitrogens with one attached hydrogen (secondary N) is 1. The molecule has 2 aromatic rings. The zero-order valence-electron chi connectivity index (χ0n) is 16.3. The first-order valence-electron chi connectivity index (χ1n) is 10.0. The molecule has 4 nitrogen and oxygen atoms in total. The standard InChI is InChI=1S/C23H31N3O/c1-24-15-12-20-13-16-25(17-14-20)19-23(27)26(22-10-6-3-7-11-22)18-21-8-4-2-5-9-21/h2-11,20,24H,12-19H2,1H3. The normalized spacial score (nSPS) is 15.6. The second kappa shape index (κ2) is 10.2. The van der Waals surface area contributed by atoms with Crippen LogP contribution in [-0.2, 0) is 11.3 Å². The highest BCUT2D eigenvalue weighted by Gasteiger charge is 2.23. The molecule has 0 bridgehead atoms. The van der Waals surface area contributed by atoms with E-state index in [1.54, 1.807) is 0 Å². The van der Waals surface area contributed by atoms with Crippen LogP contribution in [0.4, 0.5) is 5.69 Å². The highest BCUT2D eigenvalue weighted by molar-refractivity contribution is 5.94. The topological polar surface area (TPSA) is 35.6 Å². The molecular formula is C23H31N3O. The van der Waals surface area contributed by atoms with Crippen molar-refractivity contribution in [1.29, 1.82) is 0 Å². The second-order valence-electron chi connectivity index (χ2n) is 7.41. The number of likely N-dealkylation sites (tertiary alicyclic amines) is 1. The van der Waals surface area contributed by atoms with Gasteiger partial charge in [0.05, 0.1) is 13.1 Å². The van der Waals surface area contributed by atoms with Gasteiger partial charge in [-0.3, -0.25) is 9.69 Å². The van der Waals surface area contributed by atoms with Gasteiger partial charge in [-0.15, -0.1) is 0 Å². The number of hydrogen-bond donors (Lipinski definition) is 1. The van der Waals surface area contributed by atoms with Crippen LogP contribution in [0.3, 0.4) is 0 Å². The maximum Gasteiger partial charge on any atom is 0.241 e. The molecular weight excluding hydrogens is 334 g/mol. The lowest BCUT2D eigenvalue weighted by molar-refractivity contribution is -0.120. The van der Waals surface area contributed by atoms with Crippen molar-refractivity contribution < 1.29 is 4.79 Å². The van der Waals surface area contributed by atoms with Gasteiger partial charge in [-0.2, -0.15) is 0 Å². The van der Waals surface area contributed by atoms with Crippen molar-refractivity contribution >= 4 is 11.6 Å². The molecule has 2 aromatic carbocycles. The van der Waals surface area contributed by atoms with Crippen LogP contribution in [0.1, 0.15) is 24.8 Å². The number of carbonyl (C=O) groups excluding carboxylic acids is 1. The third kappa shape index (κ3) is 5.91. The zero-order chi connectivity index (χ0) is 18.9. The first-order valence-corrected chi connectivity index (χ1v) is 10.0. The molecule has 4 heteroatoms. The Morgan fingerprint density at radius 1 is 1.04 bits per heavy atom. The Labute approximate surface area is 163 Å². The molecule has 0 radical (unpaired) electrons. The Morgan fingerprint density at radius 2 is 1.67 bits per heavy atom.